The largest absolute Gasteiger partial charge is 0.497 e. The minimum Gasteiger partial charge on any atom is -0.497 e. The first kappa shape index (κ1) is 21.3. The van der Waals surface area contributed by atoms with E-state index >= 15 is 0 Å². The molecule has 0 radical (unpaired) electrons. The second-order valence-electron chi connectivity index (χ2n) is 7.96. The molecule has 164 valence electrons. The number of hydrogen-bond donors (Lipinski definition) is 2. The van der Waals surface area contributed by atoms with Gasteiger partial charge in [-0.3, -0.25) is 19.7 Å². The van der Waals surface area contributed by atoms with Crippen LogP contribution in [0, 0.1) is 5.92 Å². The number of rotatable bonds is 5. The molecule has 31 heavy (non-hydrogen) atoms. The molecule has 2 aliphatic rings. The van der Waals surface area contributed by atoms with Crippen LogP contribution in [-0.2, 0) is 16.0 Å². The van der Waals surface area contributed by atoms with Gasteiger partial charge in [0.1, 0.15) is 5.75 Å². The number of hydrogen-bond acceptors (Lipinski definition) is 6. The standard InChI is InChI=1S/C22H26N4O4S/c1-30-15-7-5-14(6-8-15)20(28)25-22-24-18-16(3-2-4-17(18)31-22)21(29)26-11-9-13(10-12-26)19(23)27/h5-8,13,16H,2-4,9-12H2,1H3,(H2,23,27)(H,24,25,28)/t16-/m1/s1. The van der Waals surface area contributed by atoms with Gasteiger partial charge in [0.2, 0.25) is 11.8 Å². The molecule has 0 unspecified atom stereocenters. The van der Waals surface area contributed by atoms with Crippen molar-refractivity contribution in [1.29, 1.82) is 0 Å². The number of fused-ring (bicyclic) bond motifs is 1. The monoisotopic (exact) mass is 442 g/mol. The van der Waals surface area contributed by atoms with Crippen LogP contribution in [0.3, 0.4) is 0 Å². The van der Waals surface area contributed by atoms with Crippen molar-refractivity contribution in [3.63, 3.8) is 0 Å². The lowest BCUT2D eigenvalue weighted by Gasteiger charge is -2.34. The number of anilines is 1. The number of nitrogens with zero attached hydrogens (tertiary/aromatic N) is 2. The van der Waals surface area contributed by atoms with Gasteiger partial charge in [0.15, 0.2) is 5.13 Å². The Morgan fingerprint density at radius 1 is 1.16 bits per heavy atom. The fourth-order valence-corrected chi connectivity index (χ4v) is 5.29. The van der Waals surface area contributed by atoms with Crippen molar-refractivity contribution in [3.05, 3.63) is 40.4 Å². The molecule has 1 saturated heterocycles. The number of aryl methyl sites for hydroxylation is 1. The van der Waals surface area contributed by atoms with E-state index in [0.717, 1.165) is 29.8 Å². The van der Waals surface area contributed by atoms with Crippen LogP contribution < -0.4 is 15.8 Å². The first-order valence-corrected chi connectivity index (χ1v) is 11.3. The Hall–Kier alpha value is -2.94. The number of methoxy groups -OCH3 is 1. The number of carbonyl (C=O) groups is 3. The zero-order valence-electron chi connectivity index (χ0n) is 17.4. The van der Waals surface area contributed by atoms with Gasteiger partial charge in [-0.25, -0.2) is 4.98 Å². The molecule has 1 aliphatic heterocycles. The van der Waals surface area contributed by atoms with Gasteiger partial charge >= 0.3 is 0 Å². The number of thiazole rings is 1. The summed E-state index contributed by atoms with van der Waals surface area (Å²) in [6.45, 7) is 1.09. The zero-order valence-corrected chi connectivity index (χ0v) is 18.2. The molecular formula is C22H26N4O4S. The summed E-state index contributed by atoms with van der Waals surface area (Å²) < 4.78 is 5.12. The number of carbonyl (C=O) groups excluding carboxylic acids is 3. The Morgan fingerprint density at radius 2 is 1.87 bits per heavy atom. The normalized spacial score (nSPS) is 18.9. The molecule has 4 rings (SSSR count). The second kappa shape index (κ2) is 9.05. The fourth-order valence-electron chi connectivity index (χ4n) is 4.23. The minimum absolute atomic E-state index is 0.0576. The summed E-state index contributed by atoms with van der Waals surface area (Å²) >= 11 is 1.44. The molecule has 0 bridgehead atoms. The summed E-state index contributed by atoms with van der Waals surface area (Å²) in [5.41, 5.74) is 6.70. The van der Waals surface area contributed by atoms with Crippen LogP contribution in [0.25, 0.3) is 0 Å². The maximum atomic E-state index is 13.2. The molecule has 9 heteroatoms. The van der Waals surface area contributed by atoms with Crippen LogP contribution in [-0.4, -0.2) is 47.8 Å². The lowest BCUT2D eigenvalue weighted by molar-refractivity contribution is -0.136. The molecule has 3 N–H and O–H groups in total. The number of ether oxygens (including phenoxy) is 1. The average molecular weight is 443 g/mol. The lowest BCUT2D eigenvalue weighted by atomic mass is 9.88. The Balaban J connectivity index is 1.45. The van der Waals surface area contributed by atoms with E-state index in [-0.39, 0.29) is 29.6 Å². The highest BCUT2D eigenvalue weighted by Gasteiger charge is 2.35. The van der Waals surface area contributed by atoms with Gasteiger partial charge in [0, 0.05) is 29.4 Å². The highest BCUT2D eigenvalue weighted by molar-refractivity contribution is 7.16. The molecule has 2 heterocycles. The maximum absolute atomic E-state index is 13.2. The van der Waals surface area contributed by atoms with E-state index in [1.807, 2.05) is 4.90 Å². The van der Waals surface area contributed by atoms with Crippen LogP contribution >= 0.6 is 11.3 Å². The number of amides is 3. The first-order valence-electron chi connectivity index (χ1n) is 10.5. The molecule has 1 atom stereocenters. The summed E-state index contributed by atoms with van der Waals surface area (Å²) in [6.07, 6.45) is 3.74. The zero-order chi connectivity index (χ0) is 22.0. The van der Waals surface area contributed by atoms with E-state index in [0.29, 0.717) is 42.4 Å². The number of aromatic nitrogens is 1. The molecule has 1 aromatic heterocycles. The number of likely N-dealkylation sites (tertiary alicyclic amines) is 1. The molecule has 1 aliphatic carbocycles. The van der Waals surface area contributed by atoms with Crippen LogP contribution in [0.4, 0.5) is 5.13 Å². The highest BCUT2D eigenvalue weighted by atomic mass is 32.1. The Morgan fingerprint density at radius 3 is 2.52 bits per heavy atom. The second-order valence-corrected chi connectivity index (χ2v) is 9.04. The molecule has 1 aromatic carbocycles. The molecular weight excluding hydrogens is 416 g/mol. The van der Waals surface area contributed by atoms with Gasteiger partial charge in [-0.2, -0.15) is 0 Å². The van der Waals surface area contributed by atoms with Crippen LogP contribution in [0.1, 0.15) is 52.5 Å². The third-order valence-corrected chi connectivity index (χ3v) is 7.08. The number of benzene rings is 1. The summed E-state index contributed by atoms with van der Waals surface area (Å²) in [4.78, 5) is 44.7. The fraction of sp³-hybridized carbons (Fsp3) is 0.455. The Kier molecular flexibility index (Phi) is 6.22. The van der Waals surface area contributed by atoms with E-state index in [2.05, 4.69) is 10.3 Å². The Bertz CT molecular complexity index is 980. The highest BCUT2D eigenvalue weighted by Crippen LogP contribution is 2.38. The SMILES string of the molecule is COc1ccc(C(=O)Nc2nc3c(s2)CCC[C@H]3C(=O)N2CCC(C(N)=O)CC2)cc1. The van der Waals surface area contributed by atoms with Crippen LogP contribution in [0.2, 0.25) is 0 Å². The maximum Gasteiger partial charge on any atom is 0.257 e. The number of nitrogens with one attached hydrogen (secondary N) is 1. The quantitative estimate of drug-likeness (QED) is 0.739. The molecule has 0 spiro atoms. The molecule has 1 fully saturated rings. The van der Waals surface area contributed by atoms with Gasteiger partial charge in [0.05, 0.1) is 18.7 Å². The third-order valence-electron chi connectivity index (χ3n) is 6.03. The molecule has 8 nitrogen and oxygen atoms in total. The topological polar surface area (TPSA) is 115 Å². The van der Waals surface area contributed by atoms with Gasteiger partial charge in [-0.05, 0) is 56.4 Å². The molecule has 2 aromatic rings. The summed E-state index contributed by atoms with van der Waals surface area (Å²) in [5.74, 6) is -0.236. The number of nitrogens with two attached hydrogens (primary N) is 1. The van der Waals surface area contributed by atoms with E-state index in [9.17, 15) is 14.4 Å². The van der Waals surface area contributed by atoms with Crippen LogP contribution in [0.5, 0.6) is 5.75 Å². The van der Waals surface area contributed by atoms with E-state index < -0.39 is 0 Å². The predicted molar refractivity (Wildman–Crippen MR) is 117 cm³/mol. The van der Waals surface area contributed by atoms with Crippen molar-refractivity contribution in [2.45, 2.75) is 38.0 Å². The van der Waals surface area contributed by atoms with Crippen LogP contribution in [0.15, 0.2) is 24.3 Å². The van der Waals surface area contributed by atoms with Gasteiger partial charge in [-0.15, -0.1) is 11.3 Å². The van der Waals surface area contributed by atoms with E-state index in [1.165, 1.54) is 11.3 Å². The summed E-state index contributed by atoms with van der Waals surface area (Å²) in [7, 11) is 1.58. The van der Waals surface area contributed by atoms with E-state index in [4.69, 9.17) is 10.5 Å². The van der Waals surface area contributed by atoms with Gasteiger partial charge < -0.3 is 15.4 Å². The molecule has 0 saturated carbocycles. The predicted octanol–water partition coefficient (Wildman–Crippen LogP) is 2.55. The third kappa shape index (κ3) is 4.56. The minimum atomic E-state index is -0.295. The van der Waals surface area contributed by atoms with Crippen molar-refractivity contribution in [2.24, 2.45) is 11.7 Å². The number of piperidine rings is 1. The van der Waals surface area contributed by atoms with Crippen molar-refractivity contribution >= 4 is 34.2 Å². The Labute approximate surface area is 184 Å². The smallest absolute Gasteiger partial charge is 0.257 e. The summed E-state index contributed by atoms with van der Waals surface area (Å²) in [5, 5.41) is 3.37. The van der Waals surface area contributed by atoms with Crippen molar-refractivity contribution in [1.82, 2.24) is 9.88 Å². The average Bonchev–Trinajstić information content (AvgIpc) is 3.21. The van der Waals surface area contributed by atoms with Crippen molar-refractivity contribution < 1.29 is 19.1 Å². The van der Waals surface area contributed by atoms with Gasteiger partial charge in [0.25, 0.3) is 5.91 Å². The lowest BCUT2D eigenvalue weighted by Crippen LogP contribution is -2.44. The van der Waals surface area contributed by atoms with Crippen molar-refractivity contribution in [2.75, 3.05) is 25.5 Å². The molecule has 3 amide bonds. The number of primary amides is 1. The van der Waals surface area contributed by atoms with Crippen molar-refractivity contribution in [3.8, 4) is 5.75 Å². The van der Waals surface area contributed by atoms with E-state index in [1.54, 1.807) is 31.4 Å². The summed E-state index contributed by atoms with van der Waals surface area (Å²) in [6, 6.07) is 6.86. The van der Waals surface area contributed by atoms with Gasteiger partial charge in [-0.1, -0.05) is 0 Å². The first-order chi connectivity index (χ1) is 15.0.